The number of hydrogen-bond acceptors (Lipinski definition) is 5. The van der Waals surface area contributed by atoms with Crippen molar-refractivity contribution in [1.29, 1.82) is 0 Å². The summed E-state index contributed by atoms with van der Waals surface area (Å²) in [5.41, 5.74) is 3.45. The van der Waals surface area contributed by atoms with Crippen molar-refractivity contribution in [2.75, 3.05) is 7.11 Å². The van der Waals surface area contributed by atoms with Crippen molar-refractivity contribution >= 4 is 40.5 Å². The van der Waals surface area contributed by atoms with Gasteiger partial charge in [0.05, 0.1) is 10.7 Å². The van der Waals surface area contributed by atoms with E-state index in [0.717, 1.165) is 14.7 Å². The second-order valence-corrected chi connectivity index (χ2v) is 8.26. The molecule has 7 heteroatoms. The Morgan fingerprint density at radius 2 is 1.94 bits per heavy atom. The van der Waals surface area contributed by atoms with Crippen LogP contribution < -0.4 is 9.47 Å². The highest BCUT2D eigenvalue weighted by molar-refractivity contribution is 14.1. The number of benzene rings is 3. The van der Waals surface area contributed by atoms with Crippen molar-refractivity contribution in [3.8, 4) is 11.5 Å². The van der Waals surface area contributed by atoms with Gasteiger partial charge in [0.15, 0.2) is 17.2 Å². The van der Waals surface area contributed by atoms with Gasteiger partial charge in [-0.2, -0.15) is 0 Å². The number of cyclic esters (lactones) is 1. The van der Waals surface area contributed by atoms with Crippen LogP contribution in [0.15, 0.2) is 71.4 Å². The number of nitrogens with zero attached hydrogens (tertiary/aromatic N) is 1. The van der Waals surface area contributed by atoms with Crippen LogP contribution in [-0.4, -0.2) is 19.0 Å². The van der Waals surface area contributed by atoms with Crippen LogP contribution in [0.2, 0.25) is 0 Å². The largest absolute Gasteiger partial charge is 0.493 e. The zero-order chi connectivity index (χ0) is 22.7. The second-order valence-electron chi connectivity index (χ2n) is 7.10. The minimum atomic E-state index is -0.599. The lowest BCUT2D eigenvalue weighted by Crippen LogP contribution is -2.05. The summed E-state index contributed by atoms with van der Waals surface area (Å²) in [6.07, 6.45) is 1.60. The molecule has 1 aliphatic rings. The minimum Gasteiger partial charge on any atom is -0.493 e. The molecule has 0 aromatic heterocycles. The third-order valence-electron chi connectivity index (χ3n) is 4.88. The van der Waals surface area contributed by atoms with Gasteiger partial charge in [0.1, 0.15) is 12.4 Å². The molecule has 0 radical (unpaired) electrons. The Hall–Kier alpha value is -3.20. The van der Waals surface area contributed by atoms with E-state index in [1.165, 1.54) is 18.2 Å². The molecular formula is C25H19FINO4. The molecule has 5 nitrogen and oxygen atoms in total. The molecular weight excluding hydrogens is 524 g/mol. The highest BCUT2D eigenvalue weighted by Crippen LogP contribution is 2.35. The molecule has 0 aliphatic carbocycles. The summed E-state index contributed by atoms with van der Waals surface area (Å²) in [6.45, 7) is 2.45. The lowest BCUT2D eigenvalue weighted by molar-refractivity contribution is -0.129. The van der Waals surface area contributed by atoms with Gasteiger partial charge in [-0.1, -0.05) is 30.3 Å². The first-order valence-electron chi connectivity index (χ1n) is 9.78. The topological polar surface area (TPSA) is 57.1 Å². The standard InChI is InChI=1S/C25H19FINO4/c1-15-6-3-4-7-18(15)14-31-23-20(27)10-16(12-22(23)30-2)11-21-25(29)32-24(28-21)17-8-5-9-19(26)13-17/h3-13H,14H2,1-2H3. The SMILES string of the molecule is COc1cc(C=C2N=C(c3cccc(F)c3)OC2=O)cc(I)c1OCc1ccccc1C. The third kappa shape index (κ3) is 4.83. The first-order chi connectivity index (χ1) is 15.4. The monoisotopic (exact) mass is 543 g/mol. The van der Waals surface area contributed by atoms with Gasteiger partial charge in [0, 0.05) is 5.56 Å². The Bertz CT molecular complexity index is 1250. The van der Waals surface area contributed by atoms with E-state index in [-0.39, 0.29) is 11.6 Å². The molecule has 3 aromatic rings. The molecule has 4 rings (SSSR count). The van der Waals surface area contributed by atoms with Gasteiger partial charge in [0.25, 0.3) is 0 Å². The number of ether oxygens (including phenoxy) is 3. The quantitative estimate of drug-likeness (QED) is 0.229. The number of carbonyl (C=O) groups excluding carboxylic acids is 1. The molecule has 0 unspecified atom stereocenters. The molecule has 32 heavy (non-hydrogen) atoms. The van der Waals surface area contributed by atoms with Crippen molar-refractivity contribution in [3.05, 3.63) is 98.0 Å². The number of aliphatic imine (C=N–C) groups is 1. The molecule has 0 N–H and O–H groups in total. The number of esters is 1. The maximum absolute atomic E-state index is 13.5. The summed E-state index contributed by atoms with van der Waals surface area (Å²) in [4.78, 5) is 16.5. The maximum atomic E-state index is 13.5. The molecule has 0 amide bonds. The zero-order valence-electron chi connectivity index (χ0n) is 17.4. The molecule has 162 valence electrons. The van der Waals surface area contributed by atoms with Gasteiger partial charge in [0.2, 0.25) is 5.90 Å². The van der Waals surface area contributed by atoms with Gasteiger partial charge < -0.3 is 14.2 Å². The fraction of sp³-hybridized carbons (Fsp3) is 0.120. The van der Waals surface area contributed by atoms with Crippen molar-refractivity contribution in [2.45, 2.75) is 13.5 Å². The van der Waals surface area contributed by atoms with Crippen LogP contribution in [0, 0.1) is 16.3 Å². The van der Waals surface area contributed by atoms with Gasteiger partial charge in [-0.3, -0.25) is 0 Å². The van der Waals surface area contributed by atoms with Gasteiger partial charge in [-0.15, -0.1) is 0 Å². The maximum Gasteiger partial charge on any atom is 0.363 e. The molecule has 0 saturated carbocycles. The highest BCUT2D eigenvalue weighted by atomic mass is 127. The van der Waals surface area contributed by atoms with Gasteiger partial charge in [-0.05, 0) is 82.6 Å². The minimum absolute atomic E-state index is 0.0700. The summed E-state index contributed by atoms with van der Waals surface area (Å²) >= 11 is 2.17. The Labute approximate surface area is 198 Å². The fourth-order valence-electron chi connectivity index (χ4n) is 3.20. The summed E-state index contributed by atoms with van der Waals surface area (Å²) in [5, 5.41) is 0. The smallest absolute Gasteiger partial charge is 0.363 e. The van der Waals surface area contributed by atoms with E-state index in [9.17, 15) is 9.18 Å². The molecule has 0 atom stereocenters. The molecule has 0 fully saturated rings. The average Bonchev–Trinajstić information content (AvgIpc) is 3.14. The number of hydrogen-bond donors (Lipinski definition) is 0. The highest BCUT2D eigenvalue weighted by Gasteiger charge is 2.25. The van der Waals surface area contributed by atoms with Crippen LogP contribution in [0.3, 0.4) is 0 Å². The molecule has 1 heterocycles. The number of aryl methyl sites for hydroxylation is 1. The van der Waals surface area contributed by atoms with Crippen LogP contribution in [-0.2, 0) is 16.1 Å². The zero-order valence-corrected chi connectivity index (χ0v) is 19.6. The predicted molar refractivity (Wildman–Crippen MR) is 128 cm³/mol. The predicted octanol–water partition coefficient (Wildman–Crippen LogP) is 5.67. The van der Waals surface area contributed by atoms with Crippen LogP contribution in [0.25, 0.3) is 6.08 Å². The van der Waals surface area contributed by atoms with Crippen LogP contribution in [0.4, 0.5) is 4.39 Å². The average molecular weight is 543 g/mol. The van der Waals surface area contributed by atoms with Crippen LogP contribution in [0.1, 0.15) is 22.3 Å². The summed E-state index contributed by atoms with van der Waals surface area (Å²) in [6, 6.07) is 17.4. The lowest BCUT2D eigenvalue weighted by atomic mass is 10.1. The molecule has 1 aliphatic heterocycles. The molecule has 0 spiro atoms. The lowest BCUT2D eigenvalue weighted by Gasteiger charge is -2.14. The van der Waals surface area contributed by atoms with Crippen molar-refractivity contribution < 1.29 is 23.4 Å². The normalized spacial score (nSPS) is 14.3. The van der Waals surface area contributed by atoms with Crippen LogP contribution in [0.5, 0.6) is 11.5 Å². The summed E-state index contributed by atoms with van der Waals surface area (Å²) in [7, 11) is 1.56. The van der Waals surface area contributed by atoms with Crippen molar-refractivity contribution in [2.24, 2.45) is 4.99 Å². The van der Waals surface area contributed by atoms with E-state index in [4.69, 9.17) is 14.2 Å². The van der Waals surface area contributed by atoms with E-state index < -0.39 is 11.8 Å². The van der Waals surface area contributed by atoms with E-state index in [2.05, 4.69) is 27.6 Å². The Kier molecular flexibility index (Phi) is 6.55. The first-order valence-corrected chi connectivity index (χ1v) is 10.9. The van der Waals surface area contributed by atoms with E-state index in [1.807, 2.05) is 37.3 Å². The number of rotatable bonds is 6. The number of carbonyl (C=O) groups is 1. The van der Waals surface area contributed by atoms with E-state index in [0.29, 0.717) is 29.2 Å². The number of halogens is 2. The first kappa shape index (κ1) is 22.0. The van der Waals surface area contributed by atoms with Crippen molar-refractivity contribution in [1.82, 2.24) is 0 Å². The van der Waals surface area contributed by atoms with E-state index in [1.54, 1.807) is 25.3 Å². The summed E-state index contributed by atoms with van der Waals surface area (Å²) in [5.74, 6) is 0.201. The number of methoxy groups -OCH3 is 1. The Balaban J connectivity index is 1.60. The Morgan fingerprint density at radius 3 is 2.69 bits per heavy atom. The fourth-order valence-corrected chi connectivity index (χ4v) is 3.98. The molecule has 0 bridgehead atoms. The summed E-state index contributed by atoms with van der Waals surface area (Å²) < 4.78 is 31.1. The van der Waals surface area contributed by atoms with Crippen LogP contribution >= 0.6 is 22.6 Å². The third-order valence-corrected chi connectivity index (χ3v) is 5.68. The second kappa shape index (κ2) is 9.52. The van der Waals surface area contributed by atoms with Gasteiger partial charge in [-0.25, -0.2) is 14.2 Å². The molecule has 3 aromatic carbocycles. The Morgan fingerprint density at radius 1 is 1.12 bits per heavy atom. The van der Waals surface area contributed by atoms with Gasteiger partial charge >= 0.3 is 5.97 Å². The molecule has 0 saturated heterocycles. The van der Waals surface area contributed by atoms with E-state index >= 15 is 0 Å². The van der Waals surface area contributed by atoms with Crippen molar-refractivity contribution in [3.63, 3.8) is 0 Å².